The molecule has 0 saturated heterocycles. The lowest BCUT2D eigenvalue weighted by Gasteiger charge is -2.14. The minimum absolute atomic E-state index is 0.192. The molecule has 0 radical (unpaired) electrons. The fraction of sp³-hybridized carbons (Fsp3) is 0.0714. The van der Waals surface area contributed by atoms with Crippen LogP contribution in [0.1, 0.15) is 16.4 Å². The van der Waals surface area contributed by atoms with Gasteiger partial charge in [0.1, 0.15) is 0 Å². The van der Waals surface area contributed by atoms with Crippen molar-refractivity contribution in [3.63, 3.8) is 0 Å². The molecular weight excluding hydrogens is 228 g/mol. The summed E-state index contributed by atoms with van der Waals surface area (Å²) >= 11 is 1.47. The Bertz CT molecular complexity index is 429. The van der Waals surface area contributed by atoms with Gasteiger partial charge in [0.15, 0.2) is 0 Å². The van der Waals surface area contributed by atoms with Crippen LogP contribution in [0.15, 0.2) is 65.1 Å². The smallest absolute Gasteiger partial charge is 0.0937 e. The first-order valence-electron chi connectivity index (χ1n) is 5.41. The van der Waals surface area contributed by atoms with Crippen molar-refractivity contribution in [2.45, 2.75) is 5.25 Å². The van der Waals surface area contributed by atoms with Crippen molar-refractivity contribution in [3.05, 3.63) is 71.8 Å². The van der Waals surface area contributed by atoms with E-state index >= 15 is 0 Å². The highest BCUT2D eigenvalue weighted by atomic mass is 32.2. The molecule has 3 heteroatoms. The molecule has 0 fully saturated rings. The summed E-state index contributed by atoms with van der Waals surface area (Å²) in [7, 11) is 0. The average Bonchev–Trinajstić information content (AvgIpc) is 2.42. The minimum atomic E-state index is 0.192. The van der Waals surface area contributed by atoms with Crippen molar-refractivity contribution < 1.29 is 0 Å². The summed E-state index contributed by atoms with van der Waals surface area (Å²) in [5.41, 5.74) is 7.78. The van der Waals surface area contributed by atoms with E-state index in [1.807, 2.05) is 36.4 Å². The monoisotopic (exact) mass is 242 g/mol. The zero-order chi connectivity index (χ0) is 11.9. The van der Waals surface area contributed by atoms with Crippen molar-refractivity contribution in [3.8, 4) is 0 Å². The molecule has 86 valence electrons. The van der Waals surface area contributed by atoms with Crippen molar-refractivity contribution in [2.75, 3.05) is 0 Å². The third kappa shape index (κ3) is 3.11. The molecule has 0 aliphatic rings. The lowest BCUT2D eigenvalue weighted by Crippen LogP contribution is -1.96. The third-order valence-corrected chi connectivity index (χ3v) is 3.43. The molecule has 17 heavy (non-hydrogen) atoms. The highest BCUT2D eigenvalue weighted by Crippen LogP contribution is 2.35. The Balaban J connectivity index is 2.32. The fourth-order valence-corrected chi connectivity index (χ4v) is 2.42. The summed E-state index contributed by atoms with van der Waals surface area (Å²) in [5, 5.41) is 0.192. The molecule has 0 aliphatic heterocycles. The van der Waals surface area contributed by atoms with Gasteiger partial charge >= 0.3 is 0 Å². The molecule has 0 aliphatic carbocycles. The number of benzene rings is 2. The van der Waals surface area contributed by atoms with Crippen LogP contribution in [-0.4, -0.2) is 6.34 Å². The van der Waals surface area contributed by atoms with E-state index in [-0.39, 0.29) is 5.25 Å². The SMILES string of the molecule is NC=NSC(c1ccccc1)c1ccccc1. The first-order chi connectivity index (χ1) is 8.42. The molecular formula is C14H14N2S. The summed E-state index contributed by atoms with van der Waals surface area (Å²) in [4.78, 5) is 0. The van der Waals surface area contributed by atoms with Gasteiger partial charge in [-0.25, -0.2) is 4.40 Å². The highest BCUT2D eigenvalue weighted by molar-refractivity contribution is 7.98. The van der Waals surface area contributed by atoms with Gasteiger partial charge in [0.25, 0.3) is 0 Å². The predicted octanol–water partition coefficient (Wildman–Crippen LogP) is 3.41. The van der Waals surface area contributed by atoms with Crippen molar-refractivity contribution in [2.24, 2.45) is 10.1 Å². The van der Waals surface area contributed by atoms with E-state index < -0.39 is 0 Å². The molecule has 0 spiro atoms. The lowest BCUT2D eigenvalue weighted by atomic mass is 10.0. The highest BCUT2D eigenvalue weighted by Gasteiger charge is 2.13. The molecule has 2 N–H and O–H groups in total. The van der Waals surface area contributed by atoms with Crippen LogP contribution in [0.4, 0.5) is 0 Å². The summed E-state index contributed by atoms with van der Waals surface area (Å²) in [6.45, 7) is 0. The van der Waals surface area contributed by atoms with Crippen molar-refractivity contribution >= 4 is 18.3 Å². The standard InChI is InChI=1S/C14H14N2S/c15-11-16-17-14(12-7-3-1-4-8-12)13-9-5-2-6-10-13/h1-11,14H,(H2,15,16). The second kappa shape index (κ2) is 6.11. The third-order valence-electron chi connectivity index (χ3n) is 2.43. The van der Waals surface area contributed by atoms with E-state index in [9.17, 15) is 0 Å². The van der Waals surface area contributed by atoms with E-state index in [4.69, 9.17) is 5.73 Å². The maximum atomic E-state index is 5.32. The number of hydrogen-bond donors (Lipinski definition) is 1. The van der Waals surface area contributed by atoms with Gasteiger partial charge < -0.3 is 5.73 Å². The van der Waals surface area contributed by atoms with Gasteiger partial charge in [-0.05, 0) is 23.1 Å². The predicted molar refractivity (Wildman–Crippen MR) is 75.0 cm³/mol. The summed E-state index contributed by atoms with van der Waals surface area (Å²) in [6.07, 6.45) is 1.34. The molecule has 0 unspecified atom stereocenters. The summed E-state index contributed by atoms with van der Waals surface area (Å²) < 4.78 is 4.09. The van der Waals surface area contributed by atoms with Crippen LogP contribution in [0.2, 0.25) is 0 Å². The van der Waals surface area contributed by atoms with E-state index in [1.54, 1.807) is 0 Å². The second-order valence-corrected chi connectivity index (χ2v) is 4.45. The van der Waals surface area contributed by atoms with Crippen LogP contribution < -0.4 is 5.73 Å². The quantitative estimate of drug-likeness (QED) is 0.507. The van der Waals surface area contributed by atoms with Crippen LogP contribution >= 0.6 is 11.9 Å². The Morgan fingerprint density at radius 3 is 1.76 bits per heavy atom. The van der Waals surface area contributed by atoms with Gasteiger partial charge in [-0.2, -0.15) is 0 Å². The van der Waals surface area contributed by atoms with Gasteiger partial charge in [0, 0.05) is 0 Å². The Morgan fingerprint density at radius 1 is 0.882 bits per heavy atom. The molecule has 2 rings (SSSR count). The minimum Gasteiger partial charge on any atom is -0.389 e. The van der Waals surface area contributed by atoms with Crippen LogP contribution in [0.25, 0.3) is 0 Å². The zero-order valence-electron chi connectivity index (χ0n) is 9.36. The van der Waals surface area contributed by atoms with Crippen LogP contribution in [0, 0.1) is 0 Å². The van der Waals surface area contributed by atoms with Gasteiger partial charge in [-0.3, -0.25) is 0 Å². The molecule has 0 aromatic heterocycles. The van der Waals surface area contributed by atoms with Crippen molar-refractivity contribution in [1.29, 1.82) is 0 Å². The van der Waals surface area contributed by atoms with E-state index in [0.717, 1.165) is 0 Å². The number of hydrogen-bond acceptors (Lipinski definition) is 2. The number of rotatable bonds is 4. The first-order valence-corrected chi connectivity index (χ1v) is 6.25. The Hall–Kier alpha value is -1.74. The van der Waals surface area contributed by atoms with Crippen molar-refractivity contribution in [1.82, 2.24) is 0 Å². The molecule has 0 amide bonds. The molecule has 2 aromatic rings. The van der Waals surface area contributed by atoms with Crippen LogP contribution in [0.5, 0.6) is 0 Å². The summed E-state index contributed by atoms with van der Waals surface area (Å²) in [5.74, 6) is 0. The van der Waals surface area contributed by atoms with Crippen LogP contribution in [-0.2, 0) is 0 Å². The normalized spacial score (nSPS) is 11.1. The molecule has 0 bridgehead atoms. The maximum Gasteiger partial charge on any atom is 0.0937 e. The molecule has 0 saturated carbocycles. The Labute approximate surface area is 106 Å². The zero-order valence-corrected chi connectivity index (χ0v) is 10.2. The van der Waals surface area contributed by atoms with Gasteiger partial charge in [-0.15, -0.1) is 0 Å². The number of nitrogens with two attached hydrogens (primary N) is 1. The van der Waals surface area contributed by atoms with Crippen LogP contribution in [0.3, 0.4) is 0 Å². The average molecular weight is 242 g/mol. The fourth-order valence-electron chi connectivity index (χ4n) is 1.67. The lowest BCUT2D eigenvalue weighted by molar-refractivity contribution is 1.16. The molecule has 2 aromatic carbocycles. The number of nitrogens with zero attached hydrogens (tertiary/aromatic N) is 1. The van der Waals surface area contributed by atoms with Gasteiger partial charge in [-0.1, -0.05) is 60.7 Å². The molecule has 2 nitrogen and oxygen atoms in total. The molecule has 0 heterocycles. The Morgan fingerprint density at radius 2 is 1.35 bits per heavy atom. The summed E-state index contributed by atoms with van der Waals surface area (Å²) in [6, 6.07) is 20.6. The van der Waals surface area contributed by atoms with E-state index in [1.165, 1.54) is 29.4 Å². The maximum absolute atomic E-state index is 5.32. The first kappa shape index (κ1) is 11.7. The van der Waals surface area contributed by atoms with Gasteiger partial charge in [0.2, 0.25) is 0 Å². The van der Waals surface area contributed by atoms with Gasteiger partial charge in [0.05, 0.1) is 11.6 Å². The van der Waals surface area contributed by atoms with E-state index in [0.29, 0.717) is 0 Å². The molecule has 0 atom stereocenters. The largest absolute Gasteiger partial charge is 0.389 e. The van der Waals surface area contributed by atoms with E-state index in [2.05, 4.69) is 28.7 Å². The second-order valence-electron chi connectivity index (χ2n) is 3.56. The Kier molecular flexibility index (Phi) is 4.22. The topological polar surface area (TPSA) is 38.4 Å².